The second-order valence-electron chi connectivity index (χ2n) is 7.57. The number of fused-ring (bicyclic) bond motifs is 1. The molecule has 2 aromatic carbocycles. The third-order valence-corrected chi connectivity index (χ3v) is 5.29. The Labute approximate surface area is 160 Å². The van der Waals surface area contributed by atoms with Gasteiger partial charge in [0.1, 0.15) is 0 Å². The van der Waals surface area contributed by atoms with Crippen molar-refractivity contribution in [1.82, 2.24) is 15.2 Å². The van der Waals surface area contributed by atoms with E-state index in [9.17, 15) is 4.79 Å². The fraction of sp³-hybridized carbons (Fsp3) is 0.348. The summed E-state index contributed by atoms with van der Waals surface area (Å²) in [4.78, 5) is 18.1. The molecule has 0 bridgehead atoms. The third-order valence-electron chi connectivity index (χ3n) is 5.29. The van der Waals surface area contributed by atoms with Crippen LogP contribution in [0.25, 0.3) is 10.9 Å². The SMILES string of the molecule is Cc1ccc(CN(CCc2c[nH]c3ccccc23)C(=O)CNC2CC2)cc1. The Morgan fingerprint density at radius 3 is 2.70 bits per heavy atom. The second kappa shape index (κ2) is 7.97. The van der Waals surface area contributed by atoms with E-state index in [1.54, 1.807) is 0 Å². The lowest BCUT2D eigenvalue weighted by Gasteiger charge is -2.23. The highest BCUT2D eigenvalue weighted by Gasteiger charge is 2.23. The van der Waals surface area contributed by atoms with Crippen LogP contribution >= 0.6 is 0 Å². The normalized spacial score (nSPS) is 13.8. The minimum atomic E-state index is 0.183. The number of benzene rings is 2. The lowest BCUT2D eigenvalue weighted by molar-refractivity contribution is -0.130. The van der Waals surface area contributed by atoms with Crippen molar-refractivity contribution in [3.05, 3.63) is 71.4 Å². The van der Waals surface area contributed by atoms with E-state index in [2.05, 4.69) is 65.9 Å². The number of para-hydroxylation sites is 1. The predicted octanol–water partition coefficient (Wildman–Crippen LogP) is 3.80. The van der Waals surface area contributed by atoms with E-state index >= 15 is 0 Å². The number of aromatic nitrogens is 1. The van der Waals surface area contributed by atoms with Crippen molar-refractivity contribution >= 4 is 16.8 Å². The maximum atomic E-state index is 12.8. The van der Waals surface area contributed by atoms with Crippen LogP contribution in [0.2, 0.25) is 0 Å². The molecular formula is C23H27N3O. The Morgan fingerprint density at radius 1 is 1.15 bits per heavy atom. The molecule has 3 aromatic rings. The van der Waals surface area contributed by atoms with E-state index in [1.807, 2.05) is 11.0 Å². The number of hydrogen-bond acceptors (Lipinski definition) is 2. The lowest BCUT2D eigenvalue weighted by Crippen LogP contribution is -2.39. The summed E-state index contributed by atoms with van der Waals surface area (Å²) in [6, 6.07) is 17.3. The largest absolute Gasteiger partial charge is 0.361 e. The fourth-order valence-corrected chi connectivity index (χ4v) is 3.43. The topological polar surface area (TPSA) is 48.1 Å². The van der Waals surface area contributed by atoms with Crippen molar-refractivity contribution in [2.24, 2.45) is 0 Å². The van der Waals surface area contributed by atoms with Crippen molar-refractivity contribution < 1.29 is 4.79 Å². The summed E-state index contributed by atoms with van der Waals surface area (Å²) < 4.78 is 0. The zero-order valence-corrected chi connectivity index (χ0v) is 15.9. The summed E-state index contributed by atoms with van der Waals surface area (Å²) in [5.41, 5.74) is 4.84. The number of rotatable bonds is 8. The van der Waals surface area contributed by atoms with E-state index in [-0.39, 0.29) is 5.91 Å². The number of amides is 1. The van der Waals surface area contributed by atoms with Crippen LogP contribution in [0.4, 0.5) is 0 Å². The van der Waals surface area contributed by atoms with Crippen LogP contribution in [0, 0.1) is 6.92 Å². The molecule has 2 N–H and O–H groups in total. The molecule has 1 saturated carbocycles. The highest BCUT2D eigenvalue weighted by Crippen LogP contribution is 2.20. The number of hydrogen-bond donors (Lipinski definition) is 2. The quantitative estimate of drug-likeness (QED) is 0.641. The van der Waals surface area contributed by atoms with Crippen LogP contribution in [0.5, 0.6) is 0 Å². The average Bonchev–Trinajstić information content (AvgIpc) is 3.43. The molecule has 0 saturated heterocycles. The predicted molar refractivity (Wildman–Crippen MR) is 110 cm³/mol. The van der Waals surface area contributed by atoms with Crippen LogP contribution in [-0.4, -0.2) is 34.9 Å². The average molecular weight is 361 g/mol. The Morgan fingerprint density at radius 2 is 1.93 bits per heavy atom. The van der Waals surface area contributed by atoms with Gasteiger partial charge in [-0.1, -0.05) is 48.0 Å². The van der Waals surface area contributed by atoms with E-state index < -0.39 is 0 Å². The molecule has 0 aliphatic heterocycles. The van der Waals surface area contributed by atoms with E-state index in [4.69, 9.17) is 0 Å². The molecule has 27 heavy (non-hydrogen) atoms. The molecule has 1 amide bonds. The molecule has 1 fully saturated rings. The summed E-state index contributed by atoms with van der Waals surface area (Å²) >= 11 is 0. The van der Waals surface area contributed by atoms with Gasteiger partial charge in [0.05, 0.1) is 6.54 Å². The van der Waals surface area contributed by atoms with Crippen molar-refractivity contribution in [3.8, 4) is 0 Å². The Kier molecular flexibility index (Phi) is 5.26. The molecule has 0 atom stereocenters. The van der Waals surface area contributed by atoms with Crippen molar-refractivity contribution in [2.75, 3.05) is 13.1 Å². The molecule has 1 aromatic heterocycles. The zero-order chi connectivity index (χ0) is 18.6. The molecular weight excluding hydrogens is 334 g/mol. The van der Waals surface area contributed by atoms with Gasteiger partial charge in [-0.25, -0.2) is 0 Å². The smallest absolute Gasteiger partial charge is 0.236 e. The minimum absolute atomic E-state index is 0.183. The molecule has 140 valence electrons. The lowest BCUT2D eigenvalue weighted by atomic mass is 10.1. The van der Waals surface area contributed by atoms with Gasteiger partial charge in [0.15, 0.2) is 0 Å². The monoisotopic (exact) mass is 361 g/mol. The molecule has 0 unspecified atom stereocenters. The van der Waals surface area contributed by atoms with Crippen LogP contribution in [-0.2, 0) is 17.8 Å². The van der Waals surface area contributed by atoms with Gasteiger partial charge in [0, 0.05) is 36.2 Å². The molecule has 1 heterocycles. The molecule has 1 aliphatic rings. The number of aromatic amines is 1. The first-order valence-corrected chi connectivity index (χ1v) is 9.81. The van der Waals surface area contributed by atoms with Gasteiger partial charge in [-0.3, -0.25) is 4.79 Å². The number of carbonyl (C=O) groups is 1. The Hall–Kier alpha value is -2.59. The van der Waals surface area contributed by atoms with Crippen molar-refractivity contribution in [1.29, 1.82) is 0 Å². The van der Waals surface area contributed by atoms with Gasteiger partial charge >= 0.3 is 0 Å². The number of H-pyrrole nitrogens is 1. The van der Waals surface area contributed by atoms with Gasteiger partial charge < -0.3 is 15.2 Å². The molecule has 0 spiro atoms. The Balaban J connectivity index is 1.45. The van der Waals surface area contributed by atoms with Crippen LogP contribution in [0.15, 0.2) is 54.7 Å². The van der Waals surface area contributed by atoms with Gasteiger partial charge in [-0.15, -0.1) is 0 Å². The summed E-state index contributed by atoms with van der Waals surface area (Å²) in [5.74, 6) is 0.183. The van der Waals surface area contributed by atoms with Crippen molar-refractivity contribution in [2.45, 2.75) is 38.8 Å². The highest BCUT2D eigenvalue weighted by atomic mass is 16.2. The minimum Gasteiger partial charge on any atom is -0.361 e. The first-order valence-electron chi connectivity index (χ1n) is 9.81. The molecule has 0 radical (unpaired) electrons. The number of nitrogens with zero attached hydrogens (tertiary/aromatic N) is 1. The molecule has 4 heteroatoms. The van der Waals surface area contributed by atoms with E-state index in [1.165, 1.54) is 34.9 Å². The molecule has 4 rings (SSSR count). The van der Waals surface area contributed by atoms with E-state index in [0.29, 0.717) is 19.1 Å². The summed E-state index contributed by atoms with van der Waals surface area (Å²) in [7, 11) is 0. The highest BCUT2D eigenvalue weighted by molar-refractivity contribution is 5.83. The summed E-state index contributed by atoms with van der Waals surface area (Å²) in [6.45, 7) is 3.91. The number of carbonyl (C=O) groups excluding carboxylic acids is 1. The van der Waals surface area contributed by atoms with E-state index in [0.717, 1.165) is 18.5 Å². The van der Waals surface area contributed by atoms with Gasteiger partial charge in [0.25, 0.3) is 0 Å². The van der Waals surface area contributed by atoms with Crippen LogP contribution < -0.4 is 5.32 Å². The van der Waals surface area contributed by atoms with Gasteiger partial charge in [0.2, 0.25) is 5.91 Å². The maximum absolute atomic E-state index is 12.8. The number of aryl methyl sites for hydroxylation is 1. The first-order chi connectivity index (χ1) is 13.2. The van der Waals surface area contributed by atoms with Crippen LogP contribution in [0.1, 0.15) is 29.5 Å². The fourth-order valence-electron chi connectivity index (χ4n) is 3.43. The first kappa shape index (κ1) is 17.8. The van der Waals surface area contributed by atoms with Crippen molar-refractivity contribution in [3.63, 3.8) is 0 Å². The van der Waals surface area contributed by atoms with Gasteiger partial charge in [-0.05, 0) is 43.4 Å². The molecule has 1 aliphatic carbocycles. The Bertz CT molecular complexity index is 909. The number of nitrogens with one attached hydrogen (secondary N) is 2. The van der Waals surface area contributed by atoms with Gasteiger partial charge in [-0.2, -0.15) is 0 Å². The molecule has 4 nitrogen and oxygen atoms in total. The summed E-state index contributed by atoms with van der Waals surface area (Å²) in [6.07, 6.45) is 5.31. The van der Waals surface area contributed by atoms with Crippen LogP contribution in [0.3, 0.4) is 0 Å². The standard InChI is InChI=1S/C23H27N3O/c1-17-6-8-18(9-7-17)16-26(23(27)15-24-20-10-11-20)13-12-19-14-25-22-5-3-2-4-21(19)22/h2-9,14,20,24-25H,10-13,15-16H2,1H3. The summed E-state index contributed by atoms with van der Waals surface area (Å²) in [5, 5.41) is 4.60. The second-order valence-corrected chi connectivity index (χ2v) is 7.57. The zero-order valence-electron chi connectivity index (χ0n) is 15.9. The maximum Gasteiger partial charge on any atom is 0.236 e. The third kappa shape index (κ3) is 4.58.